The molecule has 5 heteroatoms. The van der Waals surface area contributed by atoms with Crippen molar-refractivity contribution in [1.29, 1.82) is 0 Å². The number of furan rings is 1. The van der Waals surface area contributed by atoms with Crippen molar-refractivity contribution < 1.29 is 14.3 Å². The number of hydrogen-bond donors (Lipinski definition) is 2. The summed E-state index contributed by atoms with van der Waals surface area (Å²) in [5, 5.41) is 12.4. The molecule has 5 nitrogen and oxygen atoms in total. The number of likely N-dealkylation sites (tertiary alicyclic amines) is 1. The molecule has 18 heavy (non-hydrogen) atoms. The molecule has 0 aliphatic carbocycles. The lowest BCUT2D eigenvalue weighted by atomic mass is 9.94. The van der Waals surface area contributed by atoms with Crippen LogP contribution in [0.5, 0.6) is 0 Å². The minimum Gasteiger partial charge on any atom is -0.475 e. The molecule has 1 aliphatic heterocycles. The quantitative estimate of drug-likeness (QED) is 0.848. The summed E-state index contributed by atoms with van der Waals surface area (Å²) in [6.07, 6.45) is 2.52. The van der Waals surface area contributed by atoms with E-state index in [-0.39, 0.29) is 5.76 Å². The molecule has 0 aromatic carbocycles. The van der Waals surface area contributed by atoms with Gasteiger partial charge in [0.1, 0.15) is 0 Å². The Labute approximate surface area is 107 Å². The predicted octanol–water partition coefficient (Wildman–Crippen LogP) is 1.41. The summed E-state index contributed by atoms with van der Waals surface area (Å²) in [5.41, 5.74) is 0.716. The van der Waals surface area contributed by atoms with Gasteiger partial charge in [-0.15, -0.1) is 0 Å². The molecule has 100 valence electrons. The summed E-state index contributed by atoms with van der Waals surface area (Å²) in [6, 6.07) is 2.16. The molecule has 2 rings (SSSR count). The van der Waals surface area contributed by atoms with Gasteiger partial charge in [0.25, 0.3) is 0 Å². The second-order valence-electron chi connectivity index (χ2n) is 5.10. The maximum Gasteiger partial charge on any atom is 0.372 e. The lowest BCUT2D eigenvalue weighted by Gasteiger charge is -2.35. The summed E-state index contributed by atoms with van der Waals surface area (Å²) in [6.45, 7) is 4.94. The first-order valence-electron chi connectivity index (χ1n) is 6.29. The molecule has 2 unspecified atom stereocenters. The zero-order valence-electron chi connectivity index (χ0n) is 10.8. The van der Waals surface area contributed by atoms with E-state index in [9.17, 15) is 4.79 Å². The summed E-state index contributed by atoms with van der Waals surface area (Å²) >= 11 is 0. The molecular weight excluding hydrogens is 232 g/mol. The van der Waals surface area contributed by atoms with E-state index in [1.54, 1.807) is 6.07 Å². The van der Waals surface area contributed by atoms with Crippen LogP contribution in [0.2, 0.25) is 0 Å². The maximum absolute atomic E-state index is 10.9. The minimum absolute atomic E-state index is 0.0445. The van der Waals surface area contributed by atoms with Crippen molar-refractivity contribution in [1.82, 2.24) is 10.2 Å². The van der Waals surface area contributed by atoms with Gasteiger partial charge in [0.05, 0.1) is 6.26 Å². The summed E-state index contributed by atoms with van der Waals surface area (Å²) in [5.74, 6) is -0.389. The highest BCUT2D eigenvalue weighted by molar-refractivity contribution is 5.86. The highest BCUT2D eigenvalue weighted by atomic mass is 16.4. The van der Waals surface area contributed by atoms with E-state index in [1.807, 2.05) is 0 Å². The fourth-order valence-corrected chi connectivity index (χ4v) is 2.56. The number of nitrogens with zero attached hydrogens (tertiary/aromatic N) is 1. The standard InChI is InChI=1S/C13H20N2O3/c1-9-8-15(2)5-3-11(9)14-7-10-4-6-18-12(10)13(16)17/h4,6,9,11,14H,3,5,7-8H2,1-2H3,(H,16,17). The van der Waals surface area contributed by atoms with Crippen LogP contribution < -0.4 is 5.32 Å². The average molecular weight is 252 g/mol. The topological polar surface area (TPSA) is 65.7 Å². The zero-order valence-corrected chi connectivity index (χ0v) is 10.8. The number of carboxylic acids is 1. The normalized spacial score (nSPS) is 25.2. The van der Waals surface area contributed by atoms with Crippen molar-refractivity contribution >= 4 is 5.97 Å². The van der Waals surface area contributed by atoms with Crippen LogP contribution in [0.4, 0.5) is 0 Å². The third kappa shape index (κ3) is 2.91. The van der Waals surface area contributed by atoms with E-state index in [0.29, 0.717) is 24.1 Å². The Hall–Kier alpha value is -1.33. The molecule has 0 radical (unpaired) electrons. The van der Waals surface area contributed by atoms with Gasteiger partial charge in [-0.2, -0.15) is 0 Å². The van der Waals surface area contributed by atoms with Gasteiger partial charge in [-0.1, -0.05) is 6.92 Å². The van der Waals surface area contributed by atoms with E-state index in [4.69, 9.17) is 9.52 Å². The molecule has 0 saturated carbocycles. The molecule has 1 saturated heterocycles. The first-order valence-corrected chi connectivity index (χ1v) is 6.29. The van der Waals surface area contributed by atoms with E-state index in [2.05, 4.69) is 24.2 Å². The fraction of sp³-hybridized carbons (Fsp3) is 0.615. The summed E-state index contributed by atoms with van der Waals surface area (Å²) in [7, 11) is 2.13. The van der Waals surface area contributed by atoms with Gasteiger partial charge >= 0.3 is 5.97 Å². The SMILES string of the molecule is CC1CN(C)CCC1NCc1ccoc1C(=O)O. The number of aromatic carboxylic acids is 1. The van der Waals surface area contributed by atoms with Crippen LogP contribution >= 0.6 is 0 Å². The highest BCUT2D eigenvalue weighted by Gasteiger charge is 2.24. The number of nitrogens with one attached hydrogen (secondary N) is 1. The Kier molecular flexibility index (Phi) is 4.04. The first kappa shape index (κ1) is 13.1. The van der Waals surface area contributed by atoms with Crippen molar-refractivity contribution in [3.8, 4) is 0 Å². The molecule has 2 N–H and O–H groups in total. The zero-order chi connectivity index (χ0) is 13.1. The third-order valence-corrected chi connectivity index (χ3v) is 3.60. The Morgan fingerprint density at radius 2 is 2.44 bits per heavy atom. The fourth-order valence-electron chi connectivity index (χ4n) is 2.56. The third-order valence-electron chi connectivity index (χ3n) is 3.60. The number of hydrogen-bond acceptors (Lipinski definition) is 4. The maximum atomic E-state index is 10.9. The van der Waals surface area contributed by atoms with Crippen LogP contribution in [0.15, 0.2) is 16.7 Å². The van der Waals surface area contributed by atoms with Gasteiger partial charge in [-0.25, -0.2) is 4.79 Å². The van der Waals surface area contributed by atoms with Gasteiger partial charge in [0, 0.05) is 24.7 Å². The lowest BCUT2D eigenvalue weighted by Crippen LogP contribution is -2.46. The van der Waals surface area contributed by atoms with Gasteiger partial charge < -0.3 is 19.7 Å². The molecule has 2 heterocycles. The number of carbonyl (C=O) groups is 1. The second kappa shape index (κ2) is 5.54. The molecule has 2 atom stereocenters. The molecular formula is C13H20N2O3. The molecule has 0 bridgehead atoms. The highest BCUT2D eigenvalue weighted by Crippen LogP contribution is 2.17. The summed E-state index contributed by atoms with van der Waals surface area (Å²) < 4.78 is 4.96. The van der Waals surface area contributed by atoms with Crippen molar-refractivity contribution in [2.24, 2.45) is 5.92 Å². The van der Waals surface area contributed by atoms with E-state index >= 15 is 0 Å². The van der Waals surface area contributed by atoms with Gasteiger partial charge in [0.15, 0.2) is 0 Å². The van der Waals surface area contributed by atoms with Crippen molar-refractivity contribution in [2.75, 3.05) is 20.1 Å². The van der Waals surface area contributed by atoms with Crippen LogP contribution in [0.3, 0.4) is 0 Å². The second-order valence-corrected chi connectivity index (χ2v) is 5.10. The lowest BCUT2D eigenvalue weighted by molar-refractivity contribution is 0.0660. The van der Waals surface area contributed by atoms with Crippen LogP contribution in [0.1, 0.15) is 29.5 Å². The molecule has 1 aromatic heterocycles. The van der Waals surface area contributed by atoms with Crippen molar-refractivity contribution in [2.45, 2.75) is 25.9 Å². The van der Waals surface area contributed by atoms with Gasteiger partial charge in [-0.05, 0) is 32.0 Å². The van der Waals surface area contributed by atoms with Crippen LogP contribution in [0.25, 0.3) is 0 Å². The first-order chi connectivity index (χ1) is 8.58. The smallest absolute Gasteiger partial charge is 0.372 e. The van der Waals surface area contributed by atoms with Gasteiger partial charge in [-0.3, -0.25) is 0 Å². The number of carboxylic acid groups (broad SMARTS) is 1. The number of rotatable bonds is 4. The Morgan fingerprint density at radius 3 is 3.11 bits per heavy atom. The summed E-state index contributed by atoms with van der Waals surface area (Å²) in [4.78, 5) is 13.2. The van der Waals surface area contributed by atoms with E-state index in [0.717, 1.165) is 19.5 Å². The average Bonchev–Trinajstić information content (AvgIpc) is 2.76. The minimum atomic E-state index is -1.01. The Bertz CT molecular complexity index is 416. The molecule has 0 amide bonds. The van der Waals surface area contributed by atoms with Crippen molar-refractivity contribution in [3.05, 3.63) is 23.7 Å². The number of piperidine rings is 1. The molecule has 1 aliphatic rings. The van der Waals surface area contributed by atoms with Crippen LogP contribution in [-0.4, -0.2) is 42.2 Å². The largest absolute Gasteiger partial charge is 0.475 e. The monoisotopic (exact) mass is 252 g/mol. The Balaban J connectivity index is 1.91. The van der Waals surface area contributed by atoms with Crippen LogP contribution in [0, 0.1) is 5.92 Å². The Morgan fingerprint density at radius 1 is 1.67 bits per heavy atom. The molecule has 0 spiro atoms. The van der Waals surface area contributed by atoms with Crippen LogP contribution in [-0.2, 0) is 6.54 Å². The molecule has 1 fully saturated rings. The van der Waals surface area contributed by atoms with E-state index in [1.165, 1.54) is 6.26 Å². The van der Waals surface area contributed by atoms with Crippen molar-refractivity contribution in [3.63, 3.8) is 0 Å². The molecule has 1 aromatic rings. The predicted molar refractivity (Wildman–Crippen MR) is 67.6 cm³/mol. The van der Waals surface area contributed by atoms with E-state index < -0.39 is 5.97 Å². The van der Waals surface area contributed by atoms with Gasteiger partial charge in [0.2, 0.25) is 5.76 Å².